The van der Waals surface area contributed by atoms with E-state index in [0.717, 1.165) is 22.3 Å². The molecule has 0 aliphatic rings. The van der Waals surface area contributed by atoms with E-state index in [-0.39, 0.29) is 4.90 Å². The smallest absolute Gasteiger partial charge is 0.206 e. The van der Waals surface area contributed by atoms with Gasteiger partial charge in [0.25, 0.3) is 0 Å². The number of ether oxygens (including phenoxy) is 1. The molecule has 0 N–H and O–H groups in total. The fourth-order valence-corrected chi connectivity index (χ4v) is 4.87. The van der Waals surface area contributed by atoms with Gasteiger partial charge in [0.15, 0.2) is 0 Å². The van der Waals surface area contributed by atoms with Gasteiger partial charge in [-0.1, -0.05) is 54.6 Å². The Morgan fingerprint density at radius 1 is 0.633 bits per heavy atom. The molecule has 3 nitrogen and oxygen atoms in total. The van der Waals surface area contributed by atoms with Gasteiger partial charge in [0, 0.05) is 0 Å². The minimum absolute atomic E-state index is 0.253. The largest absolute Gasteiger partial charge is 0.457 e. The van der Waals surface area contributed by atoms with E-state index < -0.39 is 9.84 Å². The van der Waals surface area contributed by atoms with Crippen LogP contribution in [0.4, 0.5) is 0 Å². The van der Waals surface area contributed by atoms with Gasteiger partial charge in [0.05, 0.1) is 9.79 Å². The number of sulfone groups is 1. The van der Waals surface area contributed by atoms with Crippen molar-refractivity contribution in [2.45, 2.75) is 23.6 Å². The maximum Gasteiger partial charge on any atom is 0.206 e. The first-order valence-electron chi connectivity index (χ1n) is 9.69. The third-order valence-electron chi connectivity index (χ3n) is 4.96. The lowest BCUT2D eigenvalue weighted by atomic mass is 10.1. The summed E-state index contributed by atoms with van der Waals surface area (Å²) in [4.78, 5) is 0.593. The lowest BCUT2D eigenvalue weighted by Crippen LogP contribution is -2.04. The number of aryl methyl sites for hydroxylation is 2. The summed E-state index contributed by atoms with van der Waals surface area (Å²) in [6.07, 6.45) is 0. The topological polar surface area (TPSA) is 43.4 Å². The Hall–Kier alpha value is -3.37. The molecule has 0 amide bonds. The van der Waals surface area contributed by atoms with Gasteiger partial charge in [-0.25, -0.2) is 8.42 Å². The fourth-order valence-electron chi connectivity index (χ4n) is 3.29. The predicted octanol–water partition coefficient (Wildman–Crippen LogP) is 6.60. The summed E-state index contributed by atoms with van der Waals surface area (Å²) in [7, 11) is -3.57. The minimum atomic E-state index is -3.57. The molecule has 0 aliphatic heterocycles. The van der Waals surface area contributed by atoms with E-state index in [4.69, 9.17) is 4.74 Å². The van der Waals surface area contributed by atoms with Crippen LogP contribution in [0, 0.1) is 13.8 Å². The first kappa shape index (κ1) is 19.9. The van der Waals surface area contributed by atoms with Crippen molar-refractivity contribution < 1.29 is 13.2 Å². The maximum atomic E-state index is 13.0. The molecule has 0 atom stereocenters. The Kier molecular flexibility index (Phi) is 5.42. The third kappa shape index (κ3) is 4.14. The van der Waals surface area contributed by atoms with Gasteiger partial charge in [-0.05, 0) is 78.6 Å². The van der Waals surface area contributed by atoms with Crippen molar-refractivity contribution in [2.24, 2.45) is 0 Å². The number of hydrogen-bond donors (Lipinski definition) is 0. The van der Waals surface area contributed by atoms with Crippen molar-refractivity contribution in [1.82, 2.24) is 0 Å². The maximum absolute atomic E-state index is 13.0. The molecule has 0 aliphatic carbocycles. The average molecular weight is 415 g/mol. The molecule has 4 aromatic rings. The Balaban J connectivity index is 1.53. The van der Waals surface area contributed by atoms with Gasteiger partial charge in [-0.15, -0.1) is 0 Å². The second-order valence-corrected chi connectivity index (χ2v) is 9.15. The molecule has 4 aromatic carbocycles. The quantitative estimate of drug-likeness (QED) is 0.370. The van der Waals surface area contributed by atoms with Crippen LogP contribution in [-0.2, 0) is 9.84 Å². The van der Waals surface area contributed by atoms with Crippen LogP contribution in [0.5, 0.6) is 11.5 Å². The molecule has 0 saturated heterocycles. The van der Waals surface area contributed by atoms with E-state index in [1.807, 2.05) is 68.4 Å². The summed E-state index contributed by atoms with van der Waals surface area (Å²) in [5.74, 6) is 1.28. The Bertz CT molecular complexity index is 1260. The Morgan fingerprint density at radius 3 is 1.83 bits per heavy atom. The molecule has 0 aromatic heterocycles. The molecular weight excluding hydrogens is 392 g/mol. The Morgan fingerprint density at radius 2 is 1.20 bits per heavy atom. The van der Waals surface area contributed by atoms with Gasteiger partial charge in [0.1, 0.15) is 11.5 Å². The molecule has 4 heteroatoms. The third-order valence-corrected chi connectivity index (χ3v) is 6.88. The van der Waals surface area contributed by atoms with E-state index in [9.17, 15) is 8.42 Å². The van der Waals surface area contributed by atoms with E-state index in [1.165, 1.54) is 0 Å². The zero-order chi connectivity index (χ0) is 21.1. The lowest BCUT2D eigenvalue weighted by molar-refractivity contribution is 0.482. The van der Waals surface area contributed by atoms with Crippen LogP contribution >= 0.6 is 0 Å². The van der Waals surface area contributed by atoms with Crippen LogP contribution in [0.3, 0.4) is 0 Å². The normalized spacial score (nSPS) is 11.3. The highest BCUT2D eigenvalue weighted by Gasteiger charge is 2.20. The van der Waals surface area contributed by atoms with Crippen molar-refractivity contribution in [3.8, 4) is 22.6 Å². The highest BCUT2D eigenvalue weighted by atomic mass is 32.2. The van der Waals surface area contributed by atoms with Crippen LogP contribution in [-0.4, -0.2) is 8.42 Å². The van der Waals surface area contributed by atoms with Gasteiger partial charge in [0.2, 0.25) is 9.84 Å². The van der Waals surface area contributed by atoms with Gasteiger partial charge < -0.3 is 4.74 Å². The molecule has 4 rings (SSSR count). The lowest BCUT2D eigenvalue weighted by Gasteiger charge is -2.11. The molecular formula is C26H22O3S. The highest BCUT2D eigenvalue weighted by Crippen LogP contribution is 2.29. The minimum Gasteiger partial charge on any atom is -0.457 e. The number of hydrogen-bond acceptors (Lipinski definition) is 3. The standard InChI is InChI=1S/C26H22O3S/c1-19-8-9-20(2)26(18-19)30(27,28)25-16-14-24(15-17-25)29-23-12-10-22(11-13-23)21-6-4-3-5-7-21/h3-18H,1-2H3. The Labute approximate surface area is 177 Å². The van der Waals surface area contributed by atoms with E-state index in [1.54, 1.807) is 30.3 Å². The van der Waals surface area contributed by atoms with Crippen molar-refractivity contribution in [1.29, 1.82) is 0 Å². The van der Waals surface area contributed by atoms with Gasteiger partial charge in [-0.3, -0.25) is 0 Å². The van der Waals surface area contributed by atoms with Crippen molar-refractivity contribution >= 4 is 9.84 Å². The fraction of sp³-hybridized carbons (Fsp3) is 0.0769. The van der Waals surface area contributed by atoms with E-state index in [0.29, 0.717) is 16.4 Å². The SMILES string of the molecule is Cc1ccc(C)c(S(=O)(=O)c2ccc(Oc3ccc(-c4ccccc4)cc3)cc2)c1. The summed E-state index contributed by atoms with van der Waals surface area (Å²) in [5, 5.41) is 0. The summed E-state index contributed by atoms with van der Waals surface area (Å²) in [6.45, 7) is 3.70. The van der Waals surface area contributed by atoms with Crippen LogP contribution in [0.2, 0.25) is 0 Å². The molecule has 0 radical (unpaired) electrons. The molecule has 0 fully saturated rings. The summed E-state index contributed by atoms with van der Waals surface area (Å²) >= 11 is 0. The zero-order valence-corrected chi connectivity index (χ0v) is 17.7. The molecule has 30 heavy (non-hydrogen) atoms. The second kappa shape index (κ2) is 8.17. The van der Waals surface area contributed by atoms with Crippen LogP contribution in [0.15, 0.2) is 107 Å². The first-order chi connectivity index (χ1) is 14.4. The van der Waals surface area contributed by atoms with Crippen LogP contribution in [0.1, 0.15) is 11.1 Å². The summed E-state index contributed by atoms with van der Waals surface area (Å²) in [5.41, 5.74) is 3.90. The second-order valence-electron chi connectivity index (χ2n) is 7.24. The van der Waals surface area contributed by atoms with Crippen molar-refractivity contribution in [2.75, 3.05) is 0 Å². The van der Waals surface area contributed by atoms with Gasteiger partial charge in [-0.2, -0.15) is 0 Å². The molecule has 0 saturated carbocycles. The molecule has 0 unspecified atom stereocenters. The summed E-state index contributed by atoms with van der Waals surface area (Å²) in [6, 6.07) is 29.9. The zero-order valence-electron chi connectivity index (χ0n) is 16.9. The average Bonchev–Trinajstić information content (AvgIpc) is 2.77. The van der Waals surface area contributed by atoms with E-state index in [2.05, 4.69) is 12.1 Å². The first-order valence-corrected chi connectivity index (χ1v) is 11.2. The molecule has 0 heterocycles. The number of rotatable bonds is 5. The highest BCUT2D eigenvalue weighted by molar-refractivity contribution is 7.91. The number of benzene rings is 4. The van der Waals surface area contributed by atoms with Crippen LogP contribution in [0.25, 0.3) is 11.1 Å². The molecule has 150 valence electrons. The summed E-state index contributed by atoms with van der Waals surface area (Å²) < 4.78 is 31.9. The van der Waals surface area contributed by atoms with Gasteiger partial charge >= 0.3 is 0 Å². The van der Waals surface area contributed by atoms with E-state index >= 15 is 0 Å². The predicted molar refractivity (Wildman–Crippen MR) is 120 cm³/mol. The van der Waals surface area contributed by atoms with Crippen molar-refractivity contribution in [3.05, 3.63) is 108 Å². The molecule has 0 spiro atoms. The monoisotopic (exact) mass is 414 g/mol. The van der Waals surface area contributed by atoms with Crippen LogP contribution < -0.4 is 4.74 Å². The molecule has 0 bridgehead atoms. The van der Waals surface area contributed by atoms with Crippen molar-refractivity contribution in [3.63, 3.8) is 0 Å².